The zero-order chi connectivity index (χ0) is 32.9. The molecule has 47 heavy (non-hydrogen) atoms. The molecule has 3 heterocycles. The molecule has 232 valence electrons. The van der Waals surface area contributed by atoms with Crippen LogP contribution in [0.3, 0.4) is 0 Å². The third kappa shape index (κ3) is 4.52. The zero-order valence-corrected chi connectivity index (χ0v) is 25.3. The largest absolute Gasteiger partial charge is 0.272 e. The standard InChI is InChI=1S/C35H27N7O5/c1-22-29(32(43)39(36-22)25-12-6-3-7-13-25)35(23(2)37-41(34(35)45)27-16-10-5-11-17-27)30-31(24-18-20-28(21-19-24)42(46)47)38-40(33(30)44)26-14-8-4-9-15-26/h3-21,29-30H,1-2H3/t29-,30+,35+/m1/s1. The second-order valence-electron chi connectivity index (χ2n) is 11.4. The van der Waals surface area contributed by atoms with Crippen molar-refractivity contribution < 1.29 is 19.3 Å². The summed E-state index contributed by atoms with van der Waals surface area (Å²) >= 11 is 0. The van der Waals surface area contributed by atoms with E-state index in [1.165, 1.54) is 39.3 Å². The number of benzene rings is 4. The third-order valence-electron chi connectivity index (χ3n) is 8.75. The number of hydrogen-bond donors (Lipinski definition) is 0. The first-order chi connectivity index (χ1) is 22.7. The van der Waals surface area contributed by atoms with Gasteiger partial charge >= 0.3 is 0 Å². The van der Waals surface area contributed by atoms with Gasteiger partial charge in [-0.15, -0.1) is 0 Å². The van der Waals surface area contributed by atoms with Gasteiger partial charge in [0.25, 0.3) is 23.4 Å². The Morgan fingerprint density at radius 2 is 1.09 bits per heavy atom. The van der Waals surface area contributed by atoms with Gasteiger partial charge in [-0.05, 0) is 67.9 Å². The summed E-state index contributed by atoms with van der Waals surface area (Å²) in [5, 5.41) is 29.3. The van der Waals surface area contributed by atoms with Crippen molar-refractivity contribution in [2.75, 3.05) is 15.0 Å². The van der Waals surface area contributed by atoms with Crippen molar-refractivity contribution in [1.29, 1.82) is 0 Å². The summed E-state index contributed by atoms with van der Waals surface area (Å²) in [4.78, 5) is 55.5. The number of carbonyl (C=O) groups is 3. The Kier molecular flexibility index (Phi) is 7.04. The van der Waals surface area contributed by atoms with Gasteiger partial charge in [-0.25, -0.2) is 5.01 Å². The molecule has 0 bridgehead atoms. The van der Waals surface area contributed by atoms with Gasteiger partial charge in [-0.2, -0.15) is 25.3 Å². The molecule has 4 aromatic rings. The third-order valence-corrected chi connectivity index (χ3v) is 8.75. The Labute approximate surface area is 269 Å². The van der Waals surface area contributed by atoms with Gasteiger partial charge in [0.05, 0.1) is 33.4 Å². The van der Waals surface area contributed by atoms with E-state index in [2.05, 4.69) is 5.10 Å². The van der Waals surface area contributed by atoms with Crippen molar-refractivity contribution in [3.63, 3.8) is 0 Å². The van der Waals surface area contributed by atoms with Crippen molar-refractivity contribution in [1.82, 2.24) is 0 Å². The number of nitrogens with zero attached hydrogens (tertiary/aromatic N) is 7. The van der Waals surface area contributed by atoms with Crippen molar-refractivity contribution in [3.8, 4) is 0 Å². The molecule has 3 atom stereocenters. The highest BCUT2D eigenvalue weighted by Gasteiger charge is 2.69. The Hall–Kier alpha value is -6.30. The molecule has 0 N–H and O–H groups in total. The topological polar surface area (TPSA) is 141 Å². The van der Waals surface area contributed by atoms with Crippen LogP contribution < -0.4 is 15.0 Å². The zero-order valence-electron chi connectivity index (χ0n) is 25.3. The maximum Gasteiger partial charge on any atom is 0.269 e. The van der Waals surface area contributed by atoms with Gasteiger partial charge in [0.1, 0.15) is 17.3 Å². The summed E-state index contributed by atoms with van der Waals surface area (Å²) in [5.74, 6) is -4.24. The quantitative estimate of drug-likeness (QED) is 0.200. The van der Waals surface area contributed by atoms with Crippen LogP contribution >= 0.6 is 0 Å². The fourth-order valence-corrected chi connectivity index (χ4v) is 6.62. The van der Waals surface area contributed by atoms with E-state index in [9.17, 15) is 19.7 Å². The van der Waals surface area contributed by atoms with Crippen LogP contribution in [0.2, 0.25) is 0 Å². The van der Waals surface area contributed by atoms with Gasteiger partial charge < -0.3 is 0 Å². The molecule has 0 aromatic heterocycles. The average Bonchev–Trinajstić information content (AvgIpc) is 3.69. The fourth-order valence-electron chi connectivity index (χ4n) is 6.62. The highest BCUT2D eigenvalue weighted by Crippen LogP contribution is 2.52. The Balaban J connectivity index is 1.46. The van der Waals surface area contributed by atoms with E-state index >= 15 is 4.79 Å². The highest BCUT2D eigenvalue weighted by atomic mass is 16.6. The molecule has 3 amide bonds. The number of carbonyl (C=O) groups excluding carboxylic acids is 3. The van der Waals surface area contributed by atoms with Crippen LogP contribution in [0.1, 0.15) is 19.4 Å². The van der Waals surface area contributed by atoms with Gasteiger partial charge in [0.15, 0.2) is 0 Å². The molecule has 0 unspecified atom stereocenters. The van der Waals surface area contributed by atoms with E-state index in [0.717, 1.165) is 0 Å². The molecule has 0 saturated carbocycles. The van der Waals surface area contributed by atoms with Crippen LogP contribution in [0, 0.1) is 27.4 Å². The van der Waals surface area contributed by atoms with E-state index in [-0.39, 0.29) is 17.1 Å². The normalized spacial score (nSPS) is 22.5. The number of amides is 3. The number of nitro groups is 1. The number of nitro benzene ring substituents is 1. The Morgan fingerprint density at radius 1 is 0.617 bits per heavy atom. The van der Waals surface area contributed by atoms with Gasteiger partial charge in [0, 0.05) is 17.8 Å². The number of anilines is 3. The number of non-ortho nitro benzene ring substituents is 1. The van der Waals surface area contributed by atoms with Gasteiger partial charge in [0.2, 0.25) is 0 Å². The molecule has 0 fully saturated rings. The first-order valence-corrected chi connectivity index (χ1v) is 14.8. The lowest BCUT2D eigenvalue weighted by Gasteiger charge is -2.37. The monoisotopic (exact) mass is 625 g/mol. The van der Waals surface area contributed by atoms with E-state index in [1.807, 2.05) is 6.07 Å². The minimum atomic E-state index is -1.90. The first-order valence-electron chi connectivity index (χ1n) is 14.8. The van der Waals surface area contributed by atoms with Crippen LogP contribution in [0.4, 0.5) is 22.7 Å². The van der Waals surface area contributed by atoms with Gasteiger partial charge in [-0.3, -0.25) is 24.5 Å². The number of rotatable bonds is 7. The van der Waals surface area contributed by atoms with Crippen molar-refractivity contribution in [3.05, 3.63) is 131 Å². The molecule has 3 aliphatic heterocycles. The van der Waals surface area contributed by atoms with Crippen LogP contribution in [0.15, 0.2) is 131 Å². The van der Waals surface area contributed by atoms with Crippen LogP contribution in [-0.4, -0.2) is 39.8 Å². The Bertz CT molecular complexity index is 2010. The lowest BCUT2D eigenvalue weighted by Crippen LogP contribution is -2.59. The molecule has 12 nitrogen and oxygen atoms in total. The summed E-state index contributed by atoms with van der Waals surface area (Å²) in [6, 6.07) is 32.0. The van der Waals surface area contributed by atoms with Crippen molar-refractivity contribution >= 4 is 57.6 Å². The molecular weight excluding hydrogens is 598 g/mol. The minimum Gasteiger partial charge on any atom is -0.272 e. The molecule has 0 radical (unpaired) electrons. The van der Waals surface area contributed by atoms with Gasteiger partial charge in [-0.1, -0.05) is 54.6 Å². The van der Waals surface area contributed by atoms with E-state index in [4.69, 9.17) is 10.2 Å². The molecule has 3 aliphatic rings. The summed E-state index contributed by atoms with van der Waals surface area (Å²) in [5.41, 5.74) is 0.468. The SMILES string of the molecule is CC1=NN(c2ccccc2)C(=O)[C@@H]1[C@@]1([C@@H]2C(=O)N(c3ccccc3)N=C2c2ccc([N+](=O)[O-])cc2)C(=O)N(c2ccccc2)N=C1C. The van der Waals surface area contributed by atoms with E-state index < -0.39 is 39.9 Å². The second-order valence-corrected chi connectivity index (χ2v) is 11.4. The summed E-state index contributed by atoms with van der Waals surface area (Å²) in [6.45, 7) is 3.30. The lowest BCUT2D eigenvalue weighted by atomic mass is 9.59. The maximum atomic E-state index is 15.1. The van der Waals surface area contributed by atoms with Crippen LogP contribution in [0.25, 0.3) is 0 Å². The highest BCUT2D eigenvalue weighted by molar-refractivity contribution is 6.35. The molecule has 4 aromatic carbocycles. The van der Waals surface area contributed by atoms with Crippen LogP contribution in [0.5, 0.6) is 0 Å². The second kappa shape index (κ2) is 11.2. The molecule has 0 spiro atoms. The molecule has 0 saturated heterocycles. The van der Waals surface area contributed by atoms with E-state index in [1.54, 1.807) is 98.8 Å². The van der Waals surface area contributed by atoms with Crippen molar-refractivity contribution in [2.45, 2.75) is 13.8 Å². The van der Waals surface area contributed by atoms with Crippen LogP contribution in [-0.2, 0) is 14.4 Å². The summed E-state index contributed by atoms with van der Waals surface area (Å²) < 4.78 is 0. The number of para-hydroxylation sites is 3. The van der Waals surface area contributed by atoms with E-state index in [0.29, 0.717) is 28.3 Å². The average molecular weight is 626 g/mol. The first kappa shape index (κ1) is 29.4. The smallest absolute Gasteiger partial charge is 0.269 e. The lowest BCUT2D eigenvalue weighted by molar-refractivity contribution is -0.384. The number of hydrazone groups is 3. The summed E-state index contributed by atoms with van der Waals surface area (Å²) in [6.07, 6.45) is 0. The molecule has 12 heteroatoms. The fraction of sp³-hybridized carbons (Fsp3) is 0.143. The minimum absolute atomic E-state index is 0.151. The Morgan fingerprint density at radius 3 is 1.60 bits per heavy atom. The number of hydrogen-bond acceptors (Lipinski definition) is 8. The maximum absolute atomic E-state index is 15.1. The molecule has 0 aliphatic carbocycles. The molecule has 7 rings (SSSR count). The predicted molar refractivity (Wildman–Crippen MR) is 177 cm³/mol. The predicted octanol–water partition coefficient (Wildman–Crippen LogP) is 5.41. The molecular formula is C35H27N7O5. The van der Waals surface area contributed by atoms with Crippen molar-refractivity contribution in [2.24, 2.45) is 32.6 Å². The summed E-state index contributed by atoms with van der Waals surface area (Å²) in [7, 11) is 0.